The van der Waals surface area contributed by atoms with E-state index in [-0.39, 0.29) is 0 Å². The first kappa shape index (κ1) is 9.73. The van der Waals surface area contributed by atoms with E-state index in [1.807, 2.05) is 18.3 Å². The molecule has 0 fully saturated rings. The summed E-state index contributed by atoms with van der Waals surface area (Å²) in [6.07, 6.45) is 1.85. The molecule has 0 saturated carbocycles. The lowest BCUT2D eigenvalue weighted by Crippen LogP contribution is -1.99. The second-order valence-electron chi connectivity index (χ2n) is 4.23. The van der Waals surface area contributed by atoms with Crippen molar-refractivity contribution in [3.05, 3.63) is 29.4 Å². The topological polar surface area (TPSA) is 33.6 Å². The van der Waals surface area contributed by atoms with Crippen LogP contribution in [0.3, 0.4) is 0 Å². The predicted molar refractivity (Wildman–Crippen MR) is 67.0 cm³/mol. The highest BCUT2D eigenvalue weighted by Crippen LogP contribution is 2.34. The summed E-state index contributed by atoms with van der Waals surface area (Å²) in [5, 5.41) is 9.05. The molecular weight excluding hydrogens is 222 g/mol. The summed E-state index contributed by atoms with van der Waals surface area (Å²) in [7, 11) is 0. The summed E-state index contributed by atoms with van der Waals surface area (Å²) in [6.45, 7) is 4.30. The first-order valence-electron chi connectivity index (χ1n) is 5.31. The molecule has 0 spiro atoms. The van der Waals surface area contributed by atoms with Gasteiger partial charge < -0.3 is 4.57 Å². The number of nitrogens with zero attached hydrogens (tertiary/aromatic N) is 2. The first-order chi connectivity index (χ1) is 7.70. The summed E-state index contributed by atoms with van der Waals surface area (Å²) in [5.74, 6) is 0. The van der Waals surface area contributed by atoms with E-state index in [2.05, 4.69) is 34.7 Å². The first-order valence-corrected chi connectivity index (χ1v) is 5.69. The van der Waals surface area contributed by atoms with Gasteiger partial charge in [-0.15, -0.1) is 0 Å². The third-order valence-electron chi connectivity index (χ3n) is 2.89. The summed E-state index contributed by atoms with van der Waals surface area (Å²) in [4.78, 5) is 0. The third kappa shape index (κ3) is 1.12. The van der Waals surface area contributed by atoms with Crippen LogP contribution in [0.15, 0.2) is 24.4 Å². The van der Waals surface area contributed by atoms with E-state index in [0.717, 1.165) is 27.0 Å². The molecule has 16 heavy (non-hydrogen) atoms. The molecule has 4 heteroatoms. The van der Waals surface area contributed by atoms with Crippen LogP contribution in [0.5, 0.6) is 0 Å². The number of hydrogen-bond donors (Lipinski definition) is 1. The predicted octanol–water partition coefficient (Wildman–Crippen LogP) is 3.75. The van der Waals surface area contributed by atoms with E-state index in [4.69, 9.17) is 11.6 Å². The molecular formula is C12H12ClN3. The highest BCUT2D eigenvalue weighted by Gasteiger charge is 2.15. The number of aromatic amines is 1. The summed E-state index contributed by atoms with van der Waals surface area (Å²) in [6, 6.07) is 6.32. The molecule has 2 heterocycles. The molecule has 0 aliphatic rings. The monoisotopic (exact) mass is 233 g/mol. The minimum Gasteiger partial charge on any atom is -0.334 e. The Hall–Kier alpha value is -1.48. The molecule has 0 amide bonds. The molecule has 0 unspecified atom stereocenters. The van der Waals surface area contributed by atoms with Gasteiger partial charge in [0, 0.05) is 11.4 Å². The average molecular weight is 234 g/mol. The fourth-order valence-corrected chi connectivity index (χ4v) is 2.54. The van der Waals surface area contributed by atoms with E-state index in [0.29, 0.717) is 6.04 Å². The van der Waals surface area contributed by atoms with Gasteiger partial charge >= 0.3 is 0 Å². The molecule has 3 aromatic rings. The zero-order chi connectivity index (χ0) is 11.3. The maximum absolute atomic E-state index is 6.28. The molecule has 3 nitrogen and oxygen atoms in total. The van der Waals surface area contributed by atoms with Crippen LogP contribution >= 0.6 is 11.6 Å². The molecule has 0 radical (unpaired) electrons. The second-order valence-corrected chi connectivity index (χ2v) is 4.64. The lowest BCUT2D eigenvalue weighted by molar-refractivity contribution is 0.642. The van der Waals surface area contributed by atoms with Crippen LogP contribution < -0.4 is 0 Å². The third-order valence-corrected chi connectivity index (χ3v) is 3.20. The molecule has 0 saturated heterocycles. The van der Waals surface area contributed by atoms with E-state index in [1.54, 1.807) is 0 Å². The molecule has 1 aromatic carbocycles. The number of H-pyrrole nitrogens is 1. The Morgan fingerprint density at radius 3 is 2.94 bits per heavy atom. The largest absolute Gasteiger partial charge is 0.334 e. The summed E-state index contributed by atoms with van der Waals surface area (Å²) >= 11 is 6.28. The van der Waals surface area contributed by atoms with E-state index < -0.39 is 0 Å². The van der Waals surface area contributed by atoms with Gasteiger partial charge in [-0.2, -0.15) is 5.10 Å². The molecule has 0 aliphatic carbocycles. The Labute approximate surface area is 98.0 Å². The van der Waals surface area contributed by atoms with Gasteiger partial charge in [-0.05, 0) is 19.9 Å². The average Bonchev–Trinajstić information content (AvgIpc) is 2.77. The van der Waals surface area contributed by atoms with Crippen molar-refractivity contribution >= 4 is 33.5 Å². The Bertz CT molecular complexity index is 663. The fraction of sp³-hybridized carbons (Fsp3) is 0.250. The number of halogens is 1. The van der Waals surface area contributed by atoms with Gasteiger partial charge in [0.1, 0.15) is 0 Å². The van der Waals surface area contributed by atoms with Crippen LogP contribution in [-0.2, 0) is 0 Å². The normalized spacial score (nSPS) is 12.0. The Balaban J connectivity index is 2.61. The van der Waals surface area contributed by atoms with Crippen molar-refractivity contribution in [2.24, 2.45) is 0 Å². The van der Waals surface area contributed by atoms with Crippen LogP contribution in [-0.4, -0.2) is 14.8 Å². The number of rotatable bonds is 1. The fourth-order valence-electron chi connectivity index (χ4n) is 2.28. The van der Waals surface area contributed by atoms with E-state index in [1.165, 1.54) is 0 Å². The van der Waals surface area contributed by atoms with Crippen molar-refractivity contribution in [3.63, 3.8) is 0 Å². The Morgan fingerprint density at radius 1 is 1.38 bits per heavy atom. The zero-order valence-corrected chi connectivity index (χ0v) is 9.92. The van der Waals surface area contributed by atoms with Crippen molar-refractivity contribution in [1.29, 1.82) is 0 Å². The maximum atomic E-state index is 6.28. The highest BCUT2D eigenvalue weighted by atomic mass is 35.5. The Kier molecular flexibility index (Phi) is 1.98. The molecule has 82 valence electrons. The number of fused-ring (bicyclic) bond motifs is 3. The Morgan fingerprint density at radius 2 is 2.19 bits per heavy atom. The molecule has 0 atom stereocenters. The van der Waals surface area contributed by atoms with Crippen molar-refractivity contribution in [2.75, 3.05) is 0 Å². The van der Waals surface area contributed by atoms with Crippen LogP contribution in [0.4, 0.5) is 0 Å². The minimum atomic E-state index is 0.359. The smallest absolute Gasteiger partial charge is 0.0909 e. The van der Waals surface area contributed by atoms with Gasteiger partial charge in [-0.3, -0.25) is 5.10 Å². The van der Waals surface area contributed by atoms with Gasteiger partial charge in [0.15, 0.2) is 0 Å². The number of para-hydroxylation sites is 1. The van der Waals surface area contributed by atoms with E-state index >= 15 is 0 Å². The number of aromatic nitrogens is 3. The van der Waals surface area contributed by atoms with Crippen LogP contribution in [0.2, 0.25) is 5.02 Å². The van der Waals surface area contributed by atoms with Crippen LogP contribution in [0.25, 0.3) is 21.9 Å². The number of nitrogens with one attached hydrogen (secondary N) is 1. The van der Waals surface area contributed by atoms with Crippen LogP contribution in [0, 0.1) is 0 Å². The molecule has 1 N–H and O–H groups in total. The quantitative estimate of drug-likeness (QED) is 0.682. The summed E-state index contributed by atoms with van der Waals surface area (Å²) < 4.78 is 2.22. The lowest BCUT2D eigenvalue weighted by Gasteiger charge is -2.11. The van der Waals surface area contributed by atoms with Crippen molar-refractivity contribution in [3.8, 4) is 0 Å². The highest BCUT2D eigenvalue weighted by molar-refractivity contribution is 6.36. The van der Waals surface area contributed by atoms with Crippen molar-refractivity contribution in [2.45, 2.75) is 19.9 Å². The number of hydrogen-bond acceptors (Lipinski definition) is 1. The van der Waals surface area contributed by atoms with Crippen LogP contribution in [0.1, 0.15) is 19.9 Å². The SMILES string of the molecule is CC(C)n1c2cn[nH]c2c2cccc(Cl)c21. The molecule has 0 bridgehead atoms. The van der Waals surface area contributed by atoms with Crippen molar-refractivity contribution in [1.82, 2.24) is 14.8 Å². The summed E-state index contributed by atoms with van der Waals surface area (Å²) in [5.41, 5.74) is 3.26. The van der Waals surface area contributed by atoms with Gasteiger partial charge in [-0.25, -0.2) is 0 Å². The zero-order valence-electron chi connectivity index (χ0n) is 9.16. The van der Waals surface area contributed by atoms with Crippen molar-refractivity contribution < 1.29 is 0 Å². The molecule has 2 aromatic heterocycles. The number of benzene rings is 1. The van der Waals surface area contributed by atoms with Gasteiger partial charge in [0.25, 0.3) is 0 Å². The second kappa shape index (κ2) is 3.25. The van der Waals surface area contributed by atoms with Gasteiger partial charge in [0.05, 0.1) is 27.8 Å². The minimum absolute atomic E-state index is 0.359. The molecule has 0 aliphatic heterocycles. The maximum Gasteiger partial charge on any atom is 0.0909 e. The molecule has 3 rings (SSSR count). The van der Waals surface area contributed by atoms with E-state index in [9.17, 15) is 0 Å². The van der Waals surface area contributed by atoms with Gasteiger partial charge in [-0.1, -0.05) is 23.7 Å². The van der Waals surface area contributed by atoms with Gasteiger partial charge in [0.2, 0.25) is 0 Å². The standard InChI is InChI=1S/C12H12ClN3/c1-7(2)16-10-6-14-15-11(10)8-4-3-5-9(13)12(8)16/h3-7H,1-2H3,(H,14,15). The lowest BCUT2D eigenvalue weighted by atomic mass is 10.2.